The molecule has 0 amide bonds. The zero-order chi connectivity index (χ0) is 12.5. The van der Waals surface area contributed by atoms with Crippen molar-refractivity contribution in [1.29, 1.82) is 0 Å². The highest BCUT2D eigenvalue weighted by molar-refractivity contribution is 9.09. The lowest BCUT2D eigenvalue weighted by molar-refractivity contribution is -0.138. The van der Waals surface area contributed by atoms with Gasteiger partial charge in [0.25, 0.3) is 0 Å². The third-order valence-electron chi connectivity index (χ3n) is 1.83. The standard InChI is InChI=1S/C9H5BrClF3O2/c10-3-6(15)4-1-2-5(11)7(8(4)16)9(12,13)14/h1-2,16H,3H2. The summed E-state index contributed by atoms with van der Waals surface area (Å²) < 4.78 is 37.5. The molecule has 1 aromatic carbocycles. The van der Waals surface area contributed by atoms with Gasteiger partial charge in [-0.25, -0.2) is 0 Å². The molecule has 0 unspecified atom stereocenters. The summed E-state index contributed by atoms with van der Waals surface area (Å²) in [5.41, 5.74) is -1.80. The molecule has 0 atom stereocenters. The lowest BCUT2D eigenvalue weighted by Gasteiger charge is -2.13. The second-order valence-corrected chi connectivity index (χ2v) is 3.84. The Labute approximate surface area is 102 Å². The van der Waals surface area contributed by atoms with E-state index in [4.69, 9.17) is 11.6 Å². The van der Waals surface area contributed by atoms with Crippen LogP contribution in [0.2, 0.25) is 5.02 Å². The van der Waals surface area contributed by atoms with Crippen LogP contribution >= 0.6 is 27.5 Å². The molecule has 1 N–H and O–H groups in total. The van der Waals surface area contributed by atoms with E-state index in [1.807, 2.05) is 0 Å². The zero-order valence-electron chi connectivity index (χ0n) is 7.61. The van der Waals surface area contributed by atoms with Crippen molar-refractivity contribution >= 4 is 33.3 Å². The van der Waals surface area contributed by atoms with E-state index >= 15 is 0 Å². The van der Waals surface area contributed by atoms with Gasteiger partial charge in [0.05, 0.1) is 15.9 Å². The third-order valence-corrected chi connectivity index (χ3v) is 2.66. The number of ketones is 1. The number of phenols is 1. The Bertz CT molecular complexity index is 431. The summed E-state index contributed by atoms with van der Waals surface area (Å²) in [4.78, 5) is 11.2. The fourth-order valence-corrected chi connectivity index (χ4v) is 1.69. The maximum absolute atomic E-state index is 12.5. The molecular weight excluding hydrogens is 312 g/mol. The number of halogens is 5. The summed E-state index contributed by atoms with van der Waals surface area (Å²) in [5.74, 6) is -1.79. The summed E-state index contributed by atoms with van der Waals surface area (Å²) in [6.07, 6.45) is -4.80. The Kier molecular flexibility index (Phi) is 3.85. The molecule has 7 heteroatoms. The first kappa shape index (κ1) is 13.3. The number of benzene rings is 1. The first-order valence-electron chi connectivity index (χ1n) is 3.97. The molecule has 16 heavy (non-hydrogen) atoms. The fraction of sp³-hybridized carbons (Fsp3) is 0.222. The predicted molar refractivity (Wildman–Crippen MR) is 56.2 cm³/mol. The van der Waals surface area contributed by atoms with Gasteiger partial charge in [-0.2, -0.15) is 13.2 Å². The number of carbonyl (C=O) groups is 1. The van der Waals surface area contributed by atoms with Crippen LogP contribution in [0, 0.1) is 0 Å². The van der Waals surface area contributed by atoms with Crippen molar-refractivity contribution in [2.75, 3.05) is 5.33 Å². The van der Waals surface area contributed by atoms with Crippen molar-refractivity contribution in [1.82, 2.24) is 0 Å². The monoisotopic (exact) mass is 316 g/mol. The molecule has 0 saturated carbocycles. The van der Waals surface area contributed by atoms with Gasteiger partial charge in [0.1, 0.15) is 11.3 Å². The third kappa shape index (κ3) is 2.49. The van der Waals surface area contributed by atoms with Crippen LogP contribution in [0.3, 0.4) is 0 Å². The van der Waals surface area contributed by atoms with Crippen LogP contribution in [-0.2, 0) is 6.18 Å². The molecule has 0 aromatic heterocycles. The van der Waals surface area contributed by atoms with Crippen LogP contribution < -0.4 is 0 Å². The van der Waals surface area contributed by atoms with E-state index in [-0.39, 0.29) is 5.33 Å². The summed E-state index contributed by atoms with van der Waals surface area (Å²) in [6.45, 7) is 0. The zero-order valence-corrected chi connectivity index (χ0v) is 9.95. The minimum Gasteiger partial charge on any atom is -0.506 e. The van der Waals surface area contributed by atoms with Gasteiger partial charge in [0.15, 0.2) is 5.78 Å². The van der Waals surface area contributed by atoms with E-state index in [9.17, 15) is 23.1 Å². The molecule has 2 nitrogen and oxygen atoms in total. The average molecular weight is 317 g/mol. The number of rotatable bonds is 2. The lowest BCUT2D eigenvalue weighted by Crippen LogP contribution is -2.10. The number of phenolic OH excluding ortho intramolecular Hbond substituents is 1. The first-order valence-corrected chi connectivity index (χ1v) is 5.46. The fourth-order valence-electron chi connectivity index (χ4n) is 1.13. The molecule has 88 valence electrons. The van der Waals surface area contributed by atoms with Crippen LogP contribution in [0.15, 0.2) is 12.1 Å². The smallest absolute Gasteiger partial charge is 0.421 e. The highest BCUT2D eigenvalue weighted by Crippen LogP contribution is 2.42. The first-order chi connectivity index (χ1) is 7.29. The van der Waals surface area contributed by atoms with E-state index in [0.29, 0.717) is 0 Å². The van der Waals surface area contributed by atoms with Gasteiger partial charge in [0.2, 0.25) is 0 Å². The number of aromatic hydroxyl groups is 1. The Hall–Kier alpha value is -0.750. The van der Waals surface area contributed by atoms with Crippen LogP contribution in [-0.4, -0.2) is 16.2 Å². The van der Waals surface area contributed by atoms with Crippen molar-refractivity contribution in [3.63, 3.8) is 0 Å². The van der Waals surface area contributed by atoms with E-state index in [2.05, 4.69) is 15.9 Å². The molecular formula is C9H5BrClF3O2. The molecule has 0 radical (unpaired) electrons. The molecule has 0 bridgehead atoms. The Balaban J connectivity index is 3.45. The molecule has 0 saturated heterocycles. The van der Waals surface area contributed by atoms with Gasteiger partial charge in [-0.3, -0.25) is 4.79 Å². The second-order valence-electron chi connectivity index (χ2n) is 2.87. The number of hydrogen-bond donors (Lipinski definition) is 1. The van der Waals surface area contributed by atoms with Gasteiger partial charge in [-0.05, 0) is 12.1 Å². The average Bonchev–Trinajstić information content (AvgIpc) is 2.14. The SMILES string of the molecule is O=C(CBr)c1ccc(Cl)c(C(F)(F)F)c1O. The summed E-state index contributed by atoms with van der Waals surface area (Å²) in [7, 11) is 0. The largest absolute Gasteiger partial charge is 0.506 e. The molecule has 0 aliphatic rings. The van der Waals surface area contributed by atoms with Gasteiger partial charge in [-0.1, -0.05) is 27.5 Å². The van der Waals surface area contributed by atoms with Gasteiger partial charge in [0, 0.05) is 0 Å². The van der Waals surface area contributed by atoms with Crippen molar-refractivity contribution in [3.05, 3.63) is 28.3 Å². The second kappa shape index (κ2) is 4.63. The van der Waals surface area contributed by atoms with E-state index in [1.165, 1.54) is 0 Å². The van der Waals surface area contributed by atoms with Gasteiger partial charge < -0.3 is 5.11 Å². The number of Topliss-reactive ketones (excluding diaryl/α,β-unsaturated/α-hetero) is 1. The van der Waals surface area contributed by atoms with Gasteiger partial charge >= 0.3 is 6.18 Å². The van der Waals surface area contributed by atoms with Crippen molar-refractivity contribution in [2.24, 2.45) is 0 Å². The molecule has 0 aliphatic heterocycles. The highest BCUT2D eigenvalue weighted by Gasteiger charge is 2.38. The molecule has 1 rings (SSSR count). The Morgan fingerprint density at radius 3 is 2.44 bits per heavy atom. The topological polar surface area (TPSA) is 37.3 Å². The molecule has 0 aliphatic carbocycles. The number of hydrogen-bond acceptors (Lipinski definition) is 2. The maximum Gasteiger partial charge on any atom is 0.421 e. The predicted octanol–water partition coefficient (Wildman–Crippen LogP) is 3.64. The normalized spacial score (nSPS) is 11.6. The summed E-state index contributed by atoms with van der Waals surface area (Å²) in [6, 6.07) is 1.98. The lowest BCUT2D eigenvalue weighted by atomic mass is 10.1. The quantitative estimate of drug-likeness (QED) is 0.668. The number of carbonyl (C=O) groups excluding carboxylic acids is 1. The van der Waals surface area contributed by atoms with E-state index < -0.39 is 33.9 Å². The molecule has 0 fully saturated rings. The van der Waals surface area contributed by atoms with Crippen LogP contribution in [0.25, 0.3) is 0 Å². The highest BCUT2D eigenvalue weighted by atomic mass is 79.9. The maximum atomic E-state index is 12.5. The van der Waals surface area contributed by atoms with Crippen molar-refractivity contribution in [3.8, 4) is 5.75 Å². The van der Waals surface area contributed by atoms with Crippen LogP contribution in [0.4, 0.5) is 13.2 Å². The van der Waals surface area contributed by atoms with Gasteiger partial charge in [-0.15, -0.1) is 0 Å². The minimum absolute atomic E-state index is 0.181. The summed E-state index contributed by atoms with van der Waals surface area (Å²) in [5, 5.41) is 8.54. The van der Waals surface area contributed by atoms with Crippen LogP contribution in [0.1, 0.15) is 15.9 Å². The summed E-state index contributed by atoms with van der Waals surface area (Å²) >= 11 is 8.14. The molecule has 1 aromatic rings. The number of alkyl halides is 4. The van der Waals surface area contributed by atoms with E-state index in [1.54, 1.807) is 0 Å². The molecule has 0 spiro atoms. The minimum atomic E-state index is -4.80. The van der Waals surface area contributed by atoms with Crippen LogP contribution in [0.5, 0.6) is 5.75 Å². The van der Waals surface area contributed by atoms with Crippen molar-refractivity contribution in [2.45, 2.75) is 6.18 Å². The van der Waals surface area contributed by atoms with Crippen molar-refractivity contribution < 1.29 is 23.1 Å². The Morgan fingerprint density at radius 2 is 2.00 bits per heavy atom. The Morgan fingerprint density at radius 1 is 1.44 bits per heavy atom. The molecule has 0 heterocycles. The van der Waals surface area contributed by atoms with E-state index in [0.717, 1.165) is 12.1 Å².